The Morgan fingerprint density at radius 2 is 1.87 bits per heavy atom. The van der Waals surface area contributed by atoms with Crippen molar-refractivity contribution in [2.24, 2.45) is 0 Å². The second kappa shape index (κ2) is 6.06. The lowest BCUT2D eigenvalue weighted by Gasteiger charge is -2.39. The van der Waals surface area contributed by atoms with Gasteiger partial charge in [-0.25, -0.2) is 10.0 Å². The van der Waals surface area contributed by atoms with Gasteiger partial charge in [-0.05, 0) is 19.9 Å². The maximum atomic E-state index is 8.54. The van der Waals surface area contributed by atoms with Gasteiger partial charge in [-0.1, -0.05) is 0 Å². The maximum Gasteiger partial charge on any atom is 0.0635 e. The van der Waals surface area contributed by atoms with Crippen molar-refractivity contribution in [3.8, 4) is 6.07 Å². The van der Waals surface area contributed by atoms with Crippen LogP contribution in [0, 0.1) is 11.3 Å². The van der Waals surface area contributed by atoms with Crippen LogP contribution in [0.15, 0.2) is 0 Å². The van der Waals surface area contributed by atoms with Gasteiger partial charge >= 0.3 is 0 Å². The lowest BCUT2D eigenvalue weighted by Crippen LogP contribution is -2.48. The molecule has 0 amide bonds. The molecule has 0 saturated carbocycles. The molecule has 1 saturated heterocycles. The standard InChI is InChI=1S/C11H22N4/c1-13(2)15-9-5-11(6-10-15)14(3)8-4-7-12/h11H,4-6,8-10H2,1-3H3. The molecule has 15 heavy (non-hydrogen) atoms. The van der Waals surface area contributed by atoms with Crippen LogP contribution in [0.2, 0.25) is 0 Å². The Morgan fingerprint density at radius 3 is 2.33 bits per heavy atom. The number of hydrazine groups is 1. The minimum atomic E-state index is 0.643. The van der Waals surface area contributed by atoms with Crippen LogP contribution in [-0.4, -0.2) is 61.7 Å². The summed E-state index contributed by atoms with van der Waals surface area (Å²) in [6.07, 6.45) is 3.06. The Hall–Kier alpha value is -0.630. The highest BCUT2D eigenvalue weighted by molar-refractivity contribution is 4.79. The molecular formula is C11H22N4. The van der Waals surface area contributed by atoms with Crippen molar-refractivity contribution >= 4 is 0 Å². The van der Waals surface area contributed by atoms with Gasteiger partial charge in [0.2, 0.25) is 0 Å². The Labute approximate surface area is 93.0 Å². The molecule has 0 spiro atoms. The molecule has 0 aliphatic carbocycles. The first-order valence-corrected chi connectivity index (χ1v) is 5.64. The smallest absolute Gasteiger partial charge is 0.0635 e. The quantitative estimate of drug-likeness (QED) is 0.686. The number of nitrogens with zero attached hydrogens (tertiary/aromatic N) is 4. The number of nitriles is 1. The van der Waals surface area contributed by atoms with Gasteiger partial charge in [0.05, 0.1) is 6.07 Å². The first kappa shape index (κ1) is 12.4. The van der Waals surface area contributed by atoms with Crippen molar-refractivity contribution in [1.82, 2.24) is 14.9 Å². The Kier molecular flexibility index (Phi) is 5.03. The minimum Gasteiger partial charge on any atom is -0.302 e. The van der Waals surface area contributed by atoms with Gasteiger partial charge in [0.15, 0.2) is 0 Å². The predicted molar refractivity (Wildman–Crippen MR) is 61.1 cm³/mol. The molecule has 1 aliphatic rings. The van der Waals surface area contributed by atoms with E-state index < -0.39 is 0 Å². The van der Waals surface area contributed by atoms with E-state index in [1.807, 2.05) is 0 Å². The highest BCUT2D eigenvalue weighted by Gasteiger charge is 2.22. The van der Waals surface area contributed by atoms with E-state index in [0.717, 1.165) is 19.6 Å². The highest BCUT2D eigenvalue weighted by atomic mass is 15.6. The van der Waals surface area contributed by atoms with E-state index in [1.165, 1.54) is 12.8 Å². The Morgan fingerprint density at radius 1 is 1.27 bits per heavy atom. The van der Waals surface area contributed by atoms with Crippen LogP contribution in [0.4, 0.5) is 0 Å². The van der Waals surface area contributed by atoms with Crippen LogP contribution in [0.25, 0.3) is 0 Å². The largest absolute Gasteiger partial charge is 0.302 e. The van der Waals surface area contributed by atoms with Crippen LogP contribution in [0.5, 0.6) is 0 Å². The lowest BCUT2D eigenvalue weighted by atomic mass is 10.0. The summed E-state index contributed by atoms with van der Waals surface area (Å²) >= 11 is 0. The topological polar surface area (TPSA) is 33.5 Å². The number of piperidine rings is 1. The molecule has 0 radical (unpaired) electrons. The van der Waals surface area contributed by atoms with Crippen molar-refractivity contribution in [2.45, 2.75) is 25.3 Å². The third kappa shape index (κ3) is 3.78. The zero-order valence-corrected chi connectivity index (χ0v) is 10.1. The van der Waals surface area contributed by atoms with E-state index in [1.54, 1.807) is 0 Å². The Bertz CT molecular complexity index is 213. The molecule has 0 aromatic rings. The van der Waals surface area contributed by atoms with Crippen molar-refractivity contribution in [3.63, 3.8) is 0 Å². The lowest BCUT2D eigenvalue weighted by molar-refractivity contribution is -0.0143. The van der Waals surface area contributed by atoms with Gasteiger partial charge in [0.1, 0.15) is 0 Å². The van der Waals surface area contributed by atoms with Gasteiger partial charge in [-0.2, -0.15) is 5.26 Å². The molecule has 0 N–H and O–H groups in total. The molecule has 0 atom stereocenters. The molecule has 1 heterocycles. The second-order valence-electron chi connectivity index (χ2n) is 4.42. The predicted octanol–water partition coefficient (Wildman–Crippen LogP) is 0.773. The summed E-state index contributed by atoms with van der Waals surface area (Å²) in [6, 6.07) is 2.87. The van der Waals surface area contributed by atoms with Crippen LogP contribution < -0.4 is 0 Å². The summed E-state index contributed by atoms with van der Waals surface area (Å²) in [7, 11) is 6.33. The molecule has 0 bridgehead atoms. The van der Waals surface area contributed by atoms with Gasteiger partial charge in [0, 0.05) is 46.2 Å². The molecule has 1 rings (SSSR count). The highest BCUT2D eigenvalue weighted by Crippen LogP contribution is 2.15. The number of hydrogen-bond donors (Lipinski definition) is 0. The number of hydrogen-bond acceptors (Lipinski definition) is 4. The zero-order chi connectivity index (χ0) is 11.3. The van der Waals surface area contributed by atoms with Crippen LogP contribution in [0.1, 0.15) is 19.3 Å². The molecule has 1 fully saturated rings. The fraction of sp³-hybridized carbons (Fsp3) is 0.909. The second-order valence-corrected chi connectivity index (χ2v) is 4.42. The molecule has 0 unspecified atom stereocenters. The average Bonchev–Trinajstić information content (AvgIpc) is 2.26. The van der Waals surface area contributed by atoms with E-state index >= 15 is 0 Å². The van der Waals surface area contributed by atoms with Gasteiger partial charge in [-0.3, -0.25) is 0 Å². The van der Waals surface area contributed by atoms with E-state index in [2.05, 4.69) is 42.1 Å². The first-order valence-electron chi connectivity index (χ1n) is 5.64. The van der Waals surface area contributed by atoms with Crippen LogP contribution >= 0.6 is 0 Å². The molecule has 0 aromatic carbocycles. The third-order valence-corrected chi connectivity index (χ3v) is 3.21. The summed E-state index contributed by atoms with van der Waals surface area (Å²) in [6.45, 7) is 3.17. The fourth-order valence-electron chi connectivity index (χ4n) is 2.10. The van der Waals surface area contributed by atoms with E-state index in [4.69, 9.17) is 5.26 Å². The van der Waals surface area contributed by atoms with Crippen LogP contribution in [-0.2, 0) is 0 Å². The summed E-state index contributed by atoms with van der Waals surface area (Å²) < 4.78 is 0. The summed E-state index contributed by atoms with van der Waals surface area (Å²) in [5, 5.41) is 13.1. The van der Waals surface area contributed by atoms with E-state index in [9.17, 15) is 0 Å². The molecule has 1 aliphatic heterocycles. The molecule has 4 heteroatoms. The van der Waals surface area contributed by atoms with Crippen molar-refractivity contribution < 1.29 is 0 Å². The third-order valence-electron chi connectivity index (χ3n) is 3.21. The zero-order valence-electron chi connectivity index (χ0n) is 10.1. The summed E-state index contributed by atoms with van der Waals surface area (Å²) in [4.78, 5) is 2.33. The molecule has 0 aromatic heterocycles. The Balaban J connectivity index is 2.27. The van der Waals surface area contributed by atoms with E-state index in [0.29, 0.717) is 12.5 Å². The normalized spacial score (nSPS) is 19.7. The molecule has 4 nitrogen and oxygen atoms in total. The maximum absolute atomic E-state index is 8.54. The summed E-state index contributed by atoms with van der Waals surface area (Å²) in [5.74, 6) is 0. The van der Waals surface area contributed by atoms with Crippen molar-refractivity contribution in [3.05, 3.63) is 0 Å². The monoisotopic (exact) mass is 210 g/mol. The minimum absolute atomic E-state index is 0.643. The fourth-order valence-corrected chi connectivity index (χ4v) is 2.10. The van der Waals surface area contributed by atoms with E-state index in [-0.39, 0.29) is 0 Å². The molecular weight excluding hydrogens is 188 g/mol. The van der Waals surface area contributed by atoms with Crippen molar-refractivity contribution in [1.29, 1.82) is 5.26 Å². The van der Waals surface area contributed by atoms with Gasteiger partial charge < -0.3 is 4.90 Å². The van der Waals surface area contributed by atoms with Crippen molar-refractivity contribution in [2.75, 3.05) is 40.8 Å². The first-order chi connectivity index (χ1) is 7.15. The van der Waals surface area contributed by atoms with Gasteiger partial charge in [0.25, 0.3) is 0 Å². The molecule has 86 valence electrons. The average molecular weight is 210 g/mol. The number of rotatable bonds is 4. The SMILES string of the molecule is CN(CCC#N)C1CCN(N(C)C)CC1. The van der Waals surface area contributed by atoms with Gasteiger partial charge in [-0.15, -0.1) is 0 Å². The van der Waals surface area contributed by atoms with Crippen LogP contribution in [0.3, 0.4) is 0 Å². The summed E-state index contributed by atoms with van der Waals surface area (Å²) in [5.41, 5.74) is 0.